The van der Waals surface area contributed by atoms with Crippen LogP contribution in [0.3, 0.4) is 0 Å². The third-order valence-corrected chi connectivity index (χ3v) is 2.88. The van der Waals surface area contributed by atoms with Crippen LogP contribution in [0.15, 0.2) is 24.3 Å². The van der Waals surface area contributed by atoms with Crippen molar-refractivity contribution in [3.63, 3.8) is 0 Å². The first kappa shape index (κ1) is 12.1. The predicted octanol–water partition coefficient (Wildman–Crippen LogP) is 2.57. The summed E-state index contributed by atoms with van der Waals surface area (Å²) < 4.78 is 0. The van der Waals surface area contributed by atoms with Gasteiger partial charge in [-0.1, -0.05) is 12.1 Å². The molecule has 1 aromatic carbocycles. The zero-order chi connectivity index (χ0) is 11.1. The fourth-order valence-electron chi connectivity index (χ4n) is 1.37. The van der Waals surface area contributed by atoms with Gasteiger partial charge in [0.05, 0.1) is 11.6 Å². The van der Waals surface area contributed by atoms with E-state index < -0.39 is 0 Å². The van der Waals surface area contributed by atoms with Crippen LogP contribution in [-0.4, -0.2) is 18.6 Å². The highest BCUT2D eigenvalue weighted by molar-refractivity contribution is 7.98. The average Bonchev–Trinajstić information content (AvgIpc) is 2.29. The minimum absolute atomic E-state index is 0.311. The molecule has 0 amide bonds. The Balaban J connectivity index is 2.57. The van der Waals surface area contributed by atoms with Gasteiger partial charge in [0.1, 0.15) is 0 Å². The molecular formula is C12H16N2S. The molecule has 0 aliphatic rings. The lowest BCUT2D eigenvalue weighted by Gasteiger charge is -2.13. The first-order valence-electron chi connectivity index (χ1n) is 5.00. The van der Waals surface area contributed by atoms with E-state index in [-0.39, 0.29) is 0 Å². The van der Waals surface area contributed by atoms with E-state index in [0.29, 0.717) is 6.04 Å². The molecule has 0 aliphatic heterocycles. The van der Waals surface area contributed by atoms with E-state index >= 15 is 0 Å². The van der Waals surface area contributed by atoms with E-state index in [1.807, 2.05) is 30.0 Å². The molecule has 0 fully saturated rings. The quantitative estimate of drug-likeness (QED) is 0.775. The first-order valence-corrected chi connectivity index (χ1v) is 6.39. The number of thioether (sulfide) groups is 1. The van der Waals surface area contributed by atoms with Crippen molar-refractivity contribution in [2.45, 2.75) is 13.0 Å². The van der Waals surface area contributed by atoms with Gasteiger partial charge in [-0.3, -0.25) is 0 Å². The summed E-state index contributed by atoms with van der Waals surface area (Å²) in [6.45, 7) is 3.12. The van der Waals surface area contributed by atoms with Crippen LogP contribution in [0.1, 0.15) is 24.1 Å². The third kappa shape index (κ3) is 3.94. The van der Waals surface area contributed by atoms with E-state index in [2.05, 4.69) is 30.6 Å². The Morgan fingerprint density at radius 2 is 2.33 bits per heavy atom. The average molecular weight is 220 g/mol. The van der Waals surface area contributed by atoms with Crippen LogP contribution in [-0.2, 0) is 0 Å². The number of benzene rings is 1. The van der Waals surface area contributed by atoms with Gasteiger partial charge < -0.3 is 5.32 Å². The number of hydrogen-bond donors (Lipinski definition) is 1. The Bertz CT molecular complexity index is 344. The van der Waals surface area contributed by atoms with E-state index in [1.54, 1.807) is 0 Å². The molecule has 0 heterocycles. The van der Waals surface area contributed by atoms with Crippen LogP contribution in [0, 0.1) is 11.3 Å². The number of hydrogen-bond acceptors (Lipinski definition) is 3. The maximum atomic E-state index is 8.78. The largest absolute Gasteiger partial charge is 0.309 e. The van der Waals surface area contributed by atoms with E-state index in [1.165, 1.54) is 5.56 Å². The molecule has 1 atom stereocenters. The Morgan fingerprint density at radius 3 is 3.00 bits per heavy atom. The summed E-state index contributed by atoms with van der Waals surface area (Å²) in [5, 5.41) is 12.2. The van der Waals surface area contributed by atoms with Crippen LogP contribution in [0.25, 0.3) is 0 Å². The van der Waals surface area contributed by atoms with Crippen molar-refractivity contribution in [2.24, 2.45) is 0 Å². The van der Waals surface area contributed by atoms with Crippen molar-refractivity contribution < 1.29 is 0 Å². The Labute approximate surface area is 95.7 Å². The lowest BCUT2D eigenvalue weighted by Crippen LogP contribution is -2.21. The lowest BCUT2D eigenvalue weighted by atomic mass is 10.1. The molecule has 15 heavy (non-hydrogen) atoms. The summed E-state index contributed by atoms with van der Waals surface area (Å²) in [7, 11) is 0. The Kier molecular flexibility index (Phi) is 5.23. The number of nitrogens with one attached hydrogen (secondary N) is 1. The SMILES string of the molecule is CSCCNC(C)c1cccc(C#N)c1. The van der Waals surface area contributed by atoms with Crippen LogP contribution in [0.5, 0.6) is 0 Å². The second-order valence-corrected chi connectivity index (χ2v) is 4.39. The van der Waals surface area contributed by atoms with Gasteiger partial charge in [-0.2, -0.15) is 17.0 Å². The zero-order valence-electron chi connectivity index (χ0n) is 9.16. The number of nitriles is 1. The highest BCUT2D eigenvalue weighted by Crippen LogP contribution is 2.13. The molecule has 0 aromatic heterocycles. The van der Waals surface area contributed by atoms with E-state index in [0.717, 1.165) is 17.9 Å². The van der Waals surface area contributed by atoms with Gasteiger partial charge >= 0.3 is 0 Å². The summed E-state index contributed by atoms with van der Waals surface area (Å²) >= 11 is 1.83. The van der Waals surface area contributed by atoms with Crippen molar-refractivity contribution >= 4 is 11.8 Å². The van der Waals surface area contributed by atoms with Crippen molar-refractivity contribution in [3.05, 3.63) is 35.4 Å². The third-order valence-electron chi connectivity index (χ3n) is 2.27. The summed E-state index contributed by atoms with van der Waals surface area (Å²) in [6, 6.07) is 10.2. The van der Waals surface area contributed by atoms with Crippen LogP contribution < -0.4 is 5.32 Å². The van der Waals surface area contributed by atoms with Gasteiger partial charge in [-0.25, -0.2) is 0 Å². The van der Waals surface area contributed by atoms with Crippen molar-refractivity contribution in [3.8, 4) is 6.07 Å². The highest BCUT2D eigenvalue weighted by Gasteiger charge is 2.04. The van der Waals surface area contributed by atoms with Gasteiger partial charge in [0.2, 0.25) is 0 Å². The molecule has 1 N–H and O–H groups in total. The van der Waals surface area contributed by atoms with E-state index in [9.17, 15) is 0 Å². The monoisotopic (exact) mass is 220 g/mol. The molecular weight excluding hydrogens is 204 g/mol. The van der Waals surface area contributed by atoms with Crippen LogP contribution in [0.2, 0.25) is 0 Å². The predicted molar refractivity (Wildman–Crippen MR) is 66.0 cm³/mol. The maximum Gasteiger partial charge on any atom is 0.0991 e. The fourth-order valence-corrected chi connectivity index (χ4v) is 1.69. The van der Waals surface area contributed by atoms with Crippen LogP contribution >= 0.6 is 11.8 Å². The molecule has 80 valence electrons. The number of nitrogens with zero attached hydrogens (tertiary/aromatic N) is 1. The second kappa shape index (κ2) is 6.49. The number of rotatable bonds is 5. The molecule has 1 aromatic rings. The topological polar surface area (TPSA) is 35.8 Å². The molecule has 1 rings (SSSR count). The van der Waals surface area contributed by atoms with Crippen molar-refractivity contribution in [1.29, 1.82) is 5.26 Å². The van der Waals surface area contributed by atoms with Crippen molar-refractivity contribution in [2.75, 3.05) is 18.6 Å². The molecule has 0 radical (unpaired) electrons. The molecule has 0 bridgehead atoms. The maximum absolute atomic E-state index is 8.78. The first-order chi connectivity index (χ1) is 7.27. The Hall–Kier alpha value is -0.980. The molecule has 3 heteroatoms. The van der Waals surface area contributed by atoms with Crippen molar-refractivity contribution in [1.82, 2.24) is 5.32 Å². The molecule has 0 saturated heterocycles. The van der Waals surface area contributed by atoms with Gasteiger partial charge in [-0.15, -0.1) is 0 Å². The minimum Gasteiger partial charge on any atom is -0.309 e. The smallest absolute Gasteiger partial charge is 0.0991 e. The molecule has 0 saturated carbocycles. The molecule has 0 spiro atoms. The standard InChI is InChI=1S/C12H16N2S/c1-10(14-6-7-15-2)12-5-3-4-11(8-12)9-13/h3-5,8,10,14H,6-7H2,1-2H3. The molecule has 0 aliphatic carbocycles. The summed E-state index contributed by atoms with van der Waals surface area (Å²) in [5.41, 5.74) is 1.90. The van der Waals surface area contributed by atoms with E-state index in [4.69, 9.17) is 5.26 Å². The van der Waals surface area contributed by atoms with Gasteiger partial charge in [0, 0.05) is 18.3 Å². The minimum atomic E-state index is 0.311. The van der Waals surface area contributed by atoms with Gasteiger partial charge in [0.25, 0.3) is 0 Å². The van der Waals surface area contributed by atoms with Gasteiger partial charge in [-0.05, 0) is 30.9 Å². The normalized spacial score (nSPS) is 12.1. The Morgan fingerprint density at radius 1 is 1.53 bits per heavy atom. The second-order valence-electron chi connectivity index (χ2n) is 3.41. The van der Waals surface area contributed by atoms with Gasteiger partial charge in [0.15, 0.2) is 0 Å². The van der Waals surface area contributed by atoms with Crippen LogP contribution in [0.4, 0.5) is 0 Å². The molecule has 1 unspecified atom stereocenters. The lowest BCUT2D eigenvalue weighted by molar-refractivity contribution is 0.601. The summed E-state index contributed by atoms with van der Waals surface area (Å²) in [6.07, 6.45) is 2.10. The summed E-state index contributed by atoms with van der Waals surface area (Å²) in [5.74, 6) is 1.11. The fraction of sp³-hybridized carbons (Fsp3) is 0.417. The molecule has 2 nitrogen and oxygen atoms in total. The summed E-state index contributed by atoms with van der Waals surface area (Å²) in [4.78, 5) is 0. The highest BCUT2D eigenvalue weighted by atomic mass is 32.2. The zero-order valence-corrected chi connectivity index (χ0v) is 9.97.